The fourth-order valence-corrected chi connectivity index (χ4v) is 3.81. The summed E-state index contributed by atoms with van der Waals surface area (Å²) in [6, 6.07) is 14.8. The molecule has 0 saturated carbocycles. The highest BCUT2D eigenvalue weighted by atomic mass is 32.1. The number of rotatable bonds is 6. The average Bonchev–Trinajstić information content (AvgIpc) is 3.04. The number of carbonyl (C=O) groups excluding carboxylic acids is 2. The summed E-state index contributed by atoms with van der Waals surface area (Å²) in [5.41, 5.74) is 5.78. The molecule has 1 atom stereocenters. The van der Waals surface area contributed by atoms with E-state index in [9.17, 15) is 9.59 Å². The van der Waals surface area contributed by atoms with Crippen molar-refractivity contribution >= 4 is 33.2 Å². The van der Waals surface area contributed by atoms with Crippen molar-refractivity contribution in [3.05, 3.63) is 59.0 Å². The van der Waals surface area contributed by atoms with Gasteiger partial charge in [-0.15, -0.1) is 11.3 Å². The topological polar surface area (TPSA) is 76.7 Å². The second-order valence-corrected chi connectivity index (χ2v) is 7.21. The molecule has 7 heteroatoms. The van der Waals surface area contributed by atoms with E-state index in [0.717, 1.165) is 21.4 Å². The molecule has 3 aromatic rings. The van der Waals surface area contributed by atoms with Crippen LogP contribution in [0.1, 0.15) is 29.1 Å². The first-order valence-electron chi connectivity index (χ1n) is 8.97. The van der Waals surface area contributed by atoms with Gasteiger partial charge in [0.2, 0.25) is 0 Å². The predicted molar refractivity (Wildman–Crippen MR) is 110 cm³/mol. The van der Waals surface area contributed by atoms with Crippen LogP contribution in [0, 0.1) is 6.92 Å². The Kier molecular flexibility index (Phi) is 6.16. The number of hydrazine groups is 1. The SMILES string of the molecule is CCOc1ccc(O[C@@H](C)C(=O)NNC(=O)c2sc3ccccc3c2C)cc1. The van der Waals surface area contributed by atoms with Crippen LogP contribution in [0.15, 0.2) is 48.5 Å². The molecular formula is C21H22N2O4S. The minimum absolute atomic E-state index is 0.347. The largest absolute Gasteiger partial charge is 0.494 e. The van der Waals surface area contributed by atoms with E-state index in [1.165, 1.54) is 11.3 Å². The van der Waals surface area contributed by atoms with Gasteiger partial charge in [0.1, 0.15) is 11.5 Å². The van der Waals surface area contributed by atoms with E-state index in [2.05, 4.69) is 10.9 Å². The van der Waals surface area contributed by atoms with Crippen molar-refractivity contribution in [2.45, 2.75) is 26.9 Å². The number of ether oxygens (including phenoxy) is 2. The number of hydrogen-bond acceptors (Lipinski definition) is 5. The van der Waals surface area contributed by atoms with E-state index in [1.54, 1.807) is 31.2 Å². The van der Waals surface area contributed by atoms with E-state index < -0.39 is 12.0 Å². The van der Waals surface area contributed by atoms with Crippen molar-refractivity contribution < 1.29 is 19.1 Å². The highest BCUT2D eigenvalue weighted by molar-refractivity contribution is 7.21. The molecule has 0 unspecified atom stereocenters. The summed E-state index contributed by atoms with van der Waals surface area (Å²) in [6.45, 7) is 6.00. The molecule has 2 N–H and O–H groups in total. The maximum atomic E-state index is 12.4. The quantitative estimate of drug-likeness (QED) is 0.619. The third-order valence-corrected chi connectivity index (χ3v) is 5.44. The van der Waals surface area contributed by atoms with Gasteiger partial charge < -0.3 is 9.47 Å². The number of thiophene rings is 1. The number of fused-ring (bicyclic) bond motifs is 1. The van der Waals surface area contributed by atoms with Gasteiger partial charge in [-0.05, 0) is 62.1 Å². The van der Waals surface area contributed by atoms with Gasteiger partial charge in [0.15, 0.2) is 6.10 Å². The van der Waals surface area contributed by atoms with Gasteiger partial charge in [-0.25, -0.2) is 0 Å². The van der Waals surface area contributed by atoms with Crippen LogP contribution in [-0.4, -0.2) is 24.5 Å². The minimum Gasteiger partial charge on any atom is -0.494 e. The predicted octanol–water partition coefficient (Wildman–Crippen LogP) is 3.84. The number of hydrogen-bond donors (Lipinski definition) is 2. The van der Waals surface area contributed by atoms with Gasteiger partial charge in [0.25, 0.3) is 11.8 Å². The first-order chi connectivity index (χ1) is 13.5. The lowest BCUT2D eigenvalue weighted by atomic mass is 10.1. The molecule has 1 heterocycles. The lowest BCUT2D eigenvalue weighted by molar-refractivity contribution is -0.128. The van der Waals surface area contributed by atoms with Gasteiger partial charge in [0.05, 0.1) is 11.5 Å². The normalized spacial score (nSPS) is 11.7. The molecule has 0 radical (unpaired) electrons. The number of benzene rings is 2. The molecule has 6 nitrogen and oxygen atoms in total. The Hall–Kier alpha value is -3.06. The molecule has 0 bridgehead atoms. The van der Waals surface area contributed by atoms with Crippen molar-refractivity contribution in [3.8, 4) is 11.5 Å². The Morgan fingerprint density at radius 1 is 1.04 bits per heavy atom. The summed E-state index contributed by atoms with van der Waals surface area (Å²) < 4.78 is 12.0. The monoisotopic (exact) mass is 398 g/mol. The van der Waals surface area contributed by atoms with E-state index in [0.29, 0.717) is 17.2 Å². The fraction of sp³-hybridized carbons (Fsp3) is 0.238. The third-order valence-electron chi connectivity index (χ3n) is 4.17. The summed E-state index contributed by atoms with van der Waals surface area (Å²) in [5, 5.41) is 1.04. The van der Waals surface area contributed by atoms with Crippen LogP contribution in [-0.2, 0) is 4.79 Å². The summed E-state index contributed by atoms with van der Waals surface area (Å²) in [6.07, 6.45) is -0.776. The van der Waals surface area contributed by atoms with Crippen molar-refractivity contribution in [3.63, 3.8) is 0 Å². The molecule has 0 saturated heterocycles. The molecule has 0 fully saturated rings. The summed E-state index contributed by atoms with van der Waals surface area (Å²) in [7, 11) is 0. The van der Waals surface area contributed by atoms with Gasteiger partial charge in [-0.2, -0.15) is 0 Å². The fourth-order valence-electron chi connectivity index (χ4n) is 2.71. The van der Waals surface area contributed by atoms with Crippen molar-refractivity contribution in [2.75, 3.05) is 6.61 Å². The first kappa shape index (κ1) is 19.7. The molecular weight excluding hydrogens is 376 g/mol. The highest BCUT2D eigenvalue weighted by Gasteiger charge is 2.18. The summed E-state index contributed by atoms with van der Waals surface area (Å²) in [4.78, 5) is 25.3. The van der Waals surface area contributed by atoms with Crippen LogP contribution in [0.3, 0.4) is 0 Å². The van der Waals surface area contributed by atoms with Crippen molar-refractivity contribution in [1.82, 2.24) is 10.9 Å². The minimum atomic E-state index is -0.776. The zero-order valence-corrected chi connectivity index (χ0v) is 16.8. The Bertz CT molecular complexity index is 982. The first-order valence-corrected chi connectivity index (χ1v) is 9.79. The molecule has 28 heavy (non-hydrogen) atoms. The van der Waals surface area contributed by atoms with E-state index in [1.807, 2.05) is 38.1 Å². The molecule has 0 spiro atoms. The second kappa shape index (κ2) is 8.75. The lowest BCUT2D eigenvalue weighted by Crippen LogP contribution is -2.47. The average molecular weight is 398 g/mol. The molecule has 2 aromatic carbocycles. The van der Waals surface area contributed by atoms with Crippen LogP contribution in [0.4, 0.5) is 0 Å². The summed E-state index contributed by atoms with van der Waals surface area (Å²) >= 11 is 1.39. The van der Waals surface area contributed by atoms with Crippen LogP contribution in [0.25, 0.3) is 10.1 Å². The van der Waals surface area contributed by atoms with Gasteiger partial charge >= 0.3 is 0 Å². The van der Waals surface area contributed by atoms with Crippen molar-refractivity contribution in [2.24, 2.45) is 0 Å². The lowest BCUT2D eigenvalue weighted by Gasteiger charge is -2.15. The number of nitrogens with one attached hydrogen (secondary N) is 2. The van der Waals surface area contributed by atoms with Crippen LogP contribution >= 0.6 is 11.3 Å². The molecule has 3 rings (SSSR count). The van der Waals surface area contributed by atoms with Gasteiger partial charge in [-0.1, -0.05) is 18.2 Å². The Labute approximate surface area is 167 Å². The molecule has 0 aliphatic carbocycles. The maximum absolute atomic E-state index is 12.4. The zero-order valence-electron chi connectivity index (χ0n) is 15.9. The molecule has 0 aliphatic rings. The highest BCUT2D eigenvalue weighted by Crippen LogP contribution is 2.30. The number of aryl methyl sites for hydroxylation is 1. The van der Waals surface area contributed by atoms with Crippen LogP contribution in [0.2, 0.25) is 0 Å². The Balaban J connectivity index is 1.56. The number of carbonyl (C=O) groups is 2. The molecule has 1 aromatic heterocycles. The standard InChI is InChI=1S/C21H22N2O4S/c1-4-26-15-9-11-16(12-10-15)27-14(3)20(24)22-23-21(25)19-13(2)17-7-5-6-8-18(17)28-19/h5-12,14H,4H2,1-3H3,(H,22,24)(H,23,25)/t14-/m0/s1. The van der Waals surface area contributed by atoms with E-state index in [4.69, 9.17) is 9.47 Å². The molecule has 0 aliphatic heterocycles. The summed E-state index contributed by atoms with van der Waals surface area (Å²) in [5.74, 6) is 0.483. The smallest absolute Gasteiger partial charge is 0.280 e. The molecule has 146 valence electrons. The van der Waals surface area contributed by atoms with Crippen molar-refractivity contribution in [1.29, 1.82) is 0 Å². The Morgan fingerprint density at radius 2 is 1.71 bits per heavy atom. The van der Waals surface area contributed by atoms with Gasteiger partial charge in [0, 0.05) is 4.70 Å². The zero-order chi connectivity index (χ0) is 20.1. The second-order valence-electron chi connectivity index (χ2n) is 6.16. The van der Waals surface area contributed by atoms with Crippen LogP contribution in [0.5, 0.6) is 11.5 Å². The van der Waals surface area contributed by atoms with Gasteiger partial charge in [-0.3, -0.25) is 20.4 Å². The van der Waals surface area contributed by atoms with E-state index in [-0.39, 0.29) is 5.91 Å². The number of amides is 2. The third kappa shape index (κ3) is 4.43. The maximum Gasteiger partial charge on any atom is 0.280 e. The molecule has 2 amide bonds. The van der Waals surface area contributed by atoms with E-state index >= 15 is 0 Å². The Morgan fingerprint density at radius 3 is 2.39 bits per heavy atom. The van der Waals surface area contributed by atoms with Crippen LogP contribution < -0.4 is 20.3 Å².